The summed E-state index contributed by atoms with van der Waals surface area (Å²) >= 11 is 0. The maximum absolute atomic E-state index is 12.5. The van der Waals surface area contributed by atoms with E-state index in [0.29, 0.717) is 24.2 Å². The molecule has 5 rings (SSSR count). The van der Waals surface area contributed by atoms with Gasteiger partial charge in [0.05, 0.1) is 12.2 Å². The number of hydrogen-bond donors (Lipinski definition) is 0. The van der Waals surface area contributed by atoms with Gasteiger partial charge in [-0.1, -0.05) is 37.1 Å². The van der Waals surface area contributed by atoms with Crippen LogP contribution in [0.3, 0.4) is 0 Å². The summed E-state index contributed by atoms with van der Waals surface area (Å²) in [5.41, 5.74) is 2.99. The van der Waals surface area contributed by atoms with Gasteiger partial charge in [0.1, 0.15) is 5.78 Å². The molecule has 0 N–H and O–H groups in total. The van der Waals surface area contributed by atoms with Gasteiger partial charge >= 0.3 is 0 Å². The molecule has 4 aliphatic carbocycles. The Morgan fingerprint density at radius 1 is 1.12 bits per heavy atom. The van der Waals surface area contributed by atoms with Crippen molar-refractivity contribution in [3.8, 4) is 0 Å². The van der Waals surface area contributed by atoms with Crippen LogP contribution in [-0.4, -0.2) is 23.8 Å². The molecule has 142 valence electrons. The van der Waals surface area contributed by atoms with E-state index in [1.165, 1.54) is 5.57 Å². The molecule has 3 heteroatoms. The zero-order valence-corrected chi connectivity index (χ0v) is 16.7. The predicted octanol–water partition coefficient (Wildman–Crippen LogP) is 4.96. The predicted molar refractivity (Wildman–Crippen MR) is 101 cm³/mol. The van der Waals surface area contributed by atoms with Crippen molar-refractivity contribution in [2.45, 2.75) is 84.0 Å². The molecule has 0 radical (unpaired) electrons. The van der Waals surface area contributed by atoms with E-state index in [1.54, 1.807) is 5.57 Å². The first-order valence-corrected chi connectivity index (χ1v) is 10.5. The maximum Gasteiger partial charge on any atom is 0.172 e. The molecule has 3 nitrogen and oxygen atoms in total. The van der Waals surface area contributed by atoms with Crippen LogP contribution >= 0.6 is 0 Å². The summed E-state index contributed by atoms with van der Waals surface area (Å²) in [7, 11) is 0. The minimum absolute atomic E-state index is 0.104. The second kappa shape index (κ2) is 5.11. The second-order valence-corrected chi connectivity index (χ2v) is 10.5. The molecule has 1 heterocycles. The van der Waals surface area contributed by atoms with Crippen molar-refractivity contribution >= 4 is 5.78 Å². The highest BCUT2D eigenvalue weighted by atomic mass is 16.8. The Morgan fingerprint density at radius 2 is 1.92 bits per heavy atom. The molecule has 0 aromatic carbocycles. The zero-order chi connectivity index (χ0) is 18.4. The first-order valence-electron chi connectivity index (χ1n) is 10.5. The van der Waals surface area contributed by atoms with E-state index in [2.05, 4.69) is 39.8 Å². The molecule has 1 saturated heterocycles. The molecule has 1 unspecified atom stereocenters. The van der Waals surface area contributed by atoms with E-state index >= 15 is 0 Å². The molecule has 0 amide bonds. The lowest BCUT2D eigenvalue weighted by atomic mass is 9.52. The third-order valence-corrected chi connectivity index (χ3v) is 8.34. The lowest BCUT2D eigenvalue weighted by Gasteiger charge is -2.53. The van der Waals surface area contributed by atoms with Crippen LogP contribution in [0, 0.1) is 22.7 Å². The number of carbonyl (C=O) groups is 1. The van der Waals surface area contributed by atoms with Gasteiger partial charge < -0.3 is 9.47 Å². The van der Waals surface area contributed by atoms with Crippen LogP contribution in [0.1, 0.15) is 72.6 Å². The molecule has 26 heavy (non-hydrogen) atoms. The Bertz CT molecular complexity index is 732. The molecule has 3 fully saturated rings. The molecular formula is C23H32O3. The van der Waals surface area contributed by atoms with Gasteiger partial charge in [-0.2, -0.15) is 0 Å². The molecule has 0 aromatic heterocycles. The lowest BCUT2D eigenvalue weighted by molar-refractivity contribution is -0.198. The number of ketones is 1. The summed E-state index contributed by atoms with van der Waals surface area (Å²) in [6, 6.07) is 0. The van der Waals surface area contributed by atoms with Crippen molar-refractivity contribution < 1.29 is 14.3 Å². The Hall–Kier alpha value is -0.930. The topological polar surface area (TPSA) is 35.5 Å². The number of fused-ring (bicyclic) bond motifs is 5. The molecule has 5 atom stereocenters. The number of rotatable bonds is 0. The van der Waals surface area contributed by atoms with E-state index in [9.17, 15) is 4.79 Å². The number of allylic oxidation sites excluding steroid dienone is 3. The molecule has 5 aliphatic rings. The number of Topliss-reactive ketones (excluding diaryl/α,β-unsaturated/α-hetero) is 1. The molecule has 0 bridgehead atoms. The van der Waals surface area contributed by atoms with Gasteiger partial charge in [0.2, 0.25) is 0 Å². The molecule has 1 spiro atoms. The Morgan fingerprint density at radius 3 is 2.65 bits per heavy atom. The zero-order valence-electron chi connectivity index (χ0n) is 16.7. The maximum atomic E-state index is 12.5. The van der Waals surface area contributed by atoms with Crippen LogP contribution in [-0.2, 0) is 14.3 Å². The average Bonchev–Trinajstić information content (AvgIpc) is 3.05. The monoisotopic (exact) mass is 356 g/mol. The van der Waals surface area contributed by atoms with Gasteiger partial charge in [0.25, 0.3) is 0 Å². The summed E-state index contributed by atoms with van der Waals surface area (Å²) in [4.78, 5) is 12.5. The van der Waals surface area contributed by atoms with Gasteiger partial charge in [-0.3, -0.25) is 4.79 Å². The Kier molecular flexibility index (Phi) is 3.38. The van der Waals surface area contributed by atoms with Crippen molar-refractivity contribution in [1.82, 2.24) is 0 Å². The molecule has 1 aliphatic heterocycles. The second-order valence-electron chi connectivity index (χ2n) is 10.5. The number of hydrogen-bond acceptors (Lipinski definition) is 3. The average molecular weight is 357 g/mol. The fourth-order valence-electron chi connectivity index (χ4n) is 6.77. The highest BCUT2D eigenvalue weighted by molar-refractivity contribution is 5.87. The Labute approximate surface area is 157 Å². The standard InChI is InChI=1S/C23H32O3/c1-20(2)14-25-23(26-20)12-11-21(3)15(13-23)5-6-16-17-7-8-19(24)22(17,4)10-9-18(16)21/h5,9,16-17H,6-8,10-14H2,1-4H3/t16-,17-,21-,22-,23?/m0/s1. The van der Waals surface area contributed by atoms with Crippen molar-refractivity contribution in [3.05, 3.63) is 23.3 Å². The normalized spacial score (nSPS) is 49.3. The van der Waals surface area contributed by atoms with Gasteiger partial charge in [0.15, 0.2) is 5.79 Å². The van der Waals surface area contributed by atoms with Crippen LogP contribution < -0.4 is 0 Å². The van der Waals surface area contributed by atoms with Gasteiger partial charge in [-0.15, -0.1) is 0 Å². The van der Waals surface area contributed by atoms with Crippen LogP contribution in [0.5, 0.6) is 0 Å². The largest absolute Gasteiger partial charge is 0.347 e. The van der Waals surface area contributed by atoms with Crippen LogP contribution in [0.25, 0.3) is 0 Å². The molecule has 2 saturated carbocycles. The third kappa shape index (κ3) is 2.16. The minimum atomic E-state index is -0.408. The summed E-state index contributed by atoms with van der Waals surface area (Å²) in [6.45, 7) is 9.60. The van der Waals surface area contributed by atoms with E-state index < -0.39 is 5.79 Å². The minimum Gasteiger partial charge on any atom is -0.347 e. The number of carbonyl (C=O) groups excluding carboxylic acids is 1. The number of ether oxygens (including phenoxy) is 2. The molecular weight excluding hydrogens is 324 g/mol. The fourth-order valence-corrected chi connectivity index (χ4v) is 6.77. The van der Waals surface area contributed by atoms with Crippen LogP contribution in [0.4, 0.5) is 0 Å². The van der Waals surface area contributed by atoms with E-state index in [-0.39, 0.29) is 16.4 Å². The summed E-state index contributed by atoms with van der Waals surface area (Å²) in [5, 5.41) is 0. The first kappa shape index (κ1) is 17.2. The highest BCUT2D eigenvalue weighted by Gasteiger charge is 2.58. The highest BCUT2D eigenvalue weighted by Crippen LogP contribution is 2.63. The third-order valence-electron chi connectivity index (χ3n) is 8.34. The SMILES string of the molecule is CC1(C)COC2(CC[C@@]3(C)C(=CC[C@@H]4C3=CC[C@]3(C)C(=O)CC[C@@H]43)C2)O1. The van der Waals surface area contributed by atoms with Gasteiger partial charge in [-0.05, 0) is 51.4 Å². The van der Waals surface area contributed by atoms with E-state index in [0.717, 1.165) is 44.9 Å². The Balaban J connectivity index is 1.47. The van der Waals surface area contributed by atoms with Crippen molar-refractivity contribution in [1.29, 1.82) is 0 Å². The van der Waals surface area contributed by atoms with Crippen LogP contribution in [0.2, 0.25) is 0 Å². The van der Waals surface area contributed by atoms with Gasteiger partial charge in [-0.25, -0.2) is 0 Å². The quantitative estimate of drug-likeness (QED) is 0.576. The van der Waals surface area contributed by atoms with Crippen molar-refractivity contribution in [2.24, 2.45) is 22.7 Å². The summed E-state index contributed by atoms with van der Waals surface area (Å²) in [6.07, 6.45) is 11.8. The van der Waals surface area contributed by atoms with Crippen LogP contribution in [0.15, 0.2) is 23.3 Å². The fraction of sp³-hybridized carbons (Fsp3) is 0.783. The summed E-state index contributed by atoms with van der Waals surface area (Å²) in [5.74, 6) is 1.19. The van der Waals surface area contributed by atoms with Crippen molar-refractivity contribution in [3.63, 3.8) is 0 Å². The smallest absolute Gasteiger partial charge is 0.172 e. The van der Waals surface area contributed by atoms with Crippen molar-refractivity contribution in [2.75, 3.05) is 6.61 Å². The molecule has 0 aromatic rings. The van der Waals surface area contributed by atoms with E-state index in [1.807, 2.05) is 0 Å². The lowest BCUT2D eigenvalue weighted by Crippen LogP contribution is -2.48. The van der Waals surface area contributed by atoms with E-state index in [4.69, 9.17) is 9.47 Å². The first-order chi connectivity index (χ1) is 12.2. The summed E-state index contributed by atoms with van der Waals surface area (Å²) < 4.78 is 12.6. The van der Waals surface area contributed by atoms with Gasteiger partial charge in [0, 0.05) is 30.1 Å².